The number of carbonyl (C=O) groups is 1. The number of aromatic hydroxyl groups is 1. The lowest BCUT2D eigenvalue weighted by molar-refractivity contribution is -0.143. The zero-order chi connectivity index (χ0) is 23.8. The van der Waals surface area contributed by atoms with E-state index in [1.165, 1.54) is 0 Å². The number of hydrogen-bond acceptors (Lipinski definition) is 3. The second-order valence-electron chi connectivity index (χ2n) is 7.59. The van der Waals surface area contributed by atoms with Crippen molar-refractivity contribution in [2.24, 2.45) is 0 Å². The fraction of sp³-hybridized carbons (Fsp3) is 0.367. The van der Waals surface area contributed by atoms with Crippen molar-refractivity contribution < 1.29 is 14.6 Å². The molecule has 33 heavy (non-hydrogen) atoms. The van der Waals surface area contributed by atoms with E-state index >= 15 is 0 Å². The molecule has 0 radical (unpaired) electrons. The predicted octanol–water partition coefficient (Wildman–Crippen LogP) is 7.96. The van der Waals surface area contributed by atoms with Gasteiger partial charge in [0.25, 0.3) is 0 Å². The number of carbonyl (C=O) groups excluding carboxylic acids is 1. The van der Waals surface area contributed by atoms with E-state index in [2.05, 4.69) is 73.8 Å². The van der Waals surface area contributed by atoms with Gasteiger partial charge in [0.2, 0.25) is 0 Å². The Bertz CT molecular complexity index is 792. The second kappa shape index (κ2) is 20.8. The normalized spacial score (nSPS) is 12.5. The summed E-state index contributed by atoms with van der Waals surface area (Å²) in [6.07, 6.45) is 33.7. The molecule has 0 unspecified atom stereocenters. The average molecular weight is 449 g/mol. The van der Waals surface area contributed by atoms with Crippen molar-refractivity contribution in [1.82, 2.24) is 0 Å². The fourth-order valence-electron chi connectivity index (χ4n) is 2.86. The zero-order valence-corrected chi connectivity index (χ0v) is 20.1. The Morgan fingerprint density at radius 3 is 1.67 bits per heavy atom. The first kappa shape index (κ1) is 28.0. The molecule has 0 amide bonds. The number of rotatable bonds is 17. The van der Waals surface area contributed by atoms with Crippen LogP contribution in [0.1, 0.15) is 63.9 Å². The molecule has 0 aromatic heterocycles. The van der Waals surface area contributed by atoms with E-state index in [1.54, 1.807) is 12.1 Å². The highest BCUT2D eigenvalue weighted by Crippen LogP contribution is 2.10. The van der Waals surface area contributed by atoms with Gasteiger partial charge in [0.05, 0.1) is 6.61 Å². The standard InChI is InChI=1S/C30H40O3/c1-2-3-4-5-6-7-8-9-10-11-12-13-14-15-16-17-18-19-20-21-30(32)33-27-26-28-22-24-29(31)25-23-28/h3-4,6-7,9-10,12-13,15-16,18-19,22-25,31H,2,5,8,11,14,17,20-21,26-27H2,1H3. The number of phenols is 1. The van der Waals surface area contributed by atoms with E-state index in [1.807, 2.05) is 18.2 Å². The number of phenolic OH excluding ortho intramolecular Hbond substituents is 1. The maximum atomic E-state index is 11.7. The van der Waals surface area contributed by atoms with Gasteiger partial charge in [-0.1, -0.05) is 92.0 Å². The van der Waals surface area contributed by atoms with E-state index in [0.29, 0.717) is 25.9 Å². The molecule has 0 spiro atoms. The maximum absolute atomic E-state index is 11.7. The molecule has 0 heterocycles. The molecule has 1 N–H and O–H groups in total. The summed E-state index contributed by atoms with van der Waals surface area (Å²) in [6.45, 7) is 2.52. The van der Waals surface area contributed by atoms with Crippen molar-refractivity contribution in [3.63, 3.8) is 0 Å². The third-order valence-corrected chi connectivity index (χ3v) is 4.70. The summed E-state index contributed by atoms with van der Waals surface area (Å²) in [5, 5.41) is 9.25. The molecule has 0 aliphatic rings. The highest BCUT2D eigenvalue weighted by molar-refractivity contribution is 5.69. The van der Waals surface area contributed by atoms with Crippen LogP contribution in [0.4, 0.5) is 0 Å². The fourth-order valence-corrected chi connectivity index (χ4v) is 2.86. The van der Waals surface area contributed by atoms with Gasteiger partial charge in [-0.15, -0.1) is 0 Å². The summed E-state index contributed by atoms with van der Waals surface area (Å²) in [4.78, 5) is 11.7. The Kier molecular flexibility index (Phi) is 17.6. The van der Waals surface area contributed by atoms with E-state index in [9.17, 15) is 9.90 Å². The minimum atomic E-state index is -0.173. The number of esters is 1. The number of ether oxygens (including phenoxy) is 1. The minimum Gasteiger partial charge on any atom is -0.508 e. The van der Waals surface area contributed by atoms with Crippen LogP contribution in [0.3, 0.4) is 0 Å². The van der Waals surface area contributed by atoms with Gasteiger partial charge in [0, 0.05) is 12.8 Å². The molecule has 0 aliphatic carbocycles. The Labute approximate surface area is 200 Å². The molecule has 178 valence electrons. The van der Waals surface area contributed by atoms with Crippen LogP contribution in [-0.2, 0) is 16.0 Å². The highest BCUT2D eigenvalue weighted by Gasteiger charge is 2.01. The van der Waals surface area contributed by atoms with Gasteiger partial charge < -0.3 is 9.84 Å². The van der Waals surface area contributed by atoms with Crippen LogP contribution in [-0.4, -0.2) is 17.7 Å². The summed E-state index contributed by atoms with van der Waals surface area (Å²) in [5.74, 6) is 0.0698. The molecule has 3 nitrogen and oxygen atoms in total. The van der Waals surface area contributed by atoms with Gasteiger partial charge in [-0.05, 0) is 62.6 Å². The molecule has 1 rings (SSSR count). The van der Waals surface area contributed by atoms with Crippen molar-refractivity contribution in [3.8, 4) is 5.75 Å². The molecule has 0 bridgehead atoms. The molecular weight excluding hydrogens is 408 g/mol. The van der Waals surface area contributed by atoms with Crippen LogP contribution in [0.15, 0.2) is 97.2 Å². The number of allylic oxidation sites excluding steroid dienone is 12. The lowest BCUT2D eigenvalue weighted by atomic mass is 10.1. The summed E-state index contributed by atoms with van der Waals surface area (Å²) < 4.78 is 5.25. The summed E-state index contributed by atoms with van der Waals surface area (Å²) in [7, 11) is 0. The van der Waals surface area contributed by atoms with Crippen molar-refractivity contribution >= 4 is 5.97 Å². The lowest BCUT2D eigenvalue weighted by Gasteiger charge is -2.04. The van der Waals surface area contributed by atoms with E-state index in [-0.39, 0.29) is 11.7 Å². The molecule has 0 saturated heterocycles. The van der Waals surface area contributed by atoms with Gasteiger partial charge >= 0.3 is 5.97 Å². The molecule has 1 aromatic rings. The number of benzene rings is 1. The summed E-state index contributed by atoms with van der Waals surface area (Å²) in [6, 6.07) is 6.94. The minimum absolute atomic E-state index is 0.173. The SMILES string of the molecule is CCC=CCC=CCC=CCC=CCC=CCC=CCCC(=O)OCCc1ccc(O)cc1. The number of hydrogen-bond donors (Lipinski definition) is 1. The van der Waals surface area contributed by atoms with Gasteiger partial charge in [0.1, 0.15) is 5.75 Å². The van der Waals surface area contributed by atoms with Crippen molar-refractivity contribution in [2.75, 3.05) is 6.61 Å². The molecule has 0 aliphatic heterocycles. The van der Waals surface area contributed by atoms with E-state index in [4.69, 9.17) is 4.74 Å². The Morgan fingerprint density at radius 1 is 0.727 bits per heavy atom. The van der Waals surface area contributed by atoms with Crippen molar-refractivity contribution in [3.05, 3.63) is 103 Å². The smallest absolute Gasteiger partial charge is 0.306 e. The maximum Gasteiger partial charge on any atom is 0.306 e. The third-order valence-electron chi connectivity index (χ3n) is 4.70. The zero-order valence-electron chi connectivity index (χ0n) is 20.1. The van der Waals surface area contributed by atoms with Gasteiger partial charge in [0.15, 0.2) is 0 Å². The van der Waals surface area contributed by atoms with Crippen LogP contribution in [0.5, 0.6) is 5.75 Å². The Hall–Kier alpha value is -3.07. The average Bonchev–Trinajstić information content (AvgIpc) is 2.82. The lowest BCUT2D eigenvalue weighted by Crippen LogP contribution is -2.07. The molecule has 0 saturated carbocycles. The van der Waals surface area contributed by atoms with Crippen LogP contribution in [0.2, 0.25) is 0 Å². The predicted molar refractivity (Wildman–Crippen MR) is 140 cm³/mol. The summed E-state index contributed by atoms with van der Waals surface area (Å²) >= 11 is 0. The third kappa shape index (κ3) is 18.2. The molecule has 1 aromatic carbocycles. The van der Waals surface area contributed by atoms with Crippen LogP contribution in [0.25, 0.3) is 0 Å². The second-order valence-corrected chi connectivity index (χ2v) is 7.59. The summed E-state index contributed by atoms with van der Waals surface area (Å²) in [5.41, 5.74) is 1.04. The Morgan fingerprint density at radius 2 is 1.18 bits per heavy atom. The van der Waals surface area contributed by atoms with E-state index < -0.39 is 0 Å². The van der Waals surface area contributed by atoms with Gasteiger partial charge in [-0.2, -0.15) is 0 Å². The topological polar surface area (TPSA) is 46.5 Å². The van der Waals surface area contributed by atoms with Crippen molar-refractivity contribution in [2.45, 2.75) is 64.7 Å². The van der Waals surface area contributed by atoms with Crippen LogP contribution in [0, 0.1) is 0 Å². The van der Waals surface area contributed by atoms with Crippen LogP contribution < -0.4 is 0 Å². The largest absolute Gasteiger partial charge is 0.508 e. The highest BCUT2D eigenvalue weighted by atomic mass is 16.5. The van der Waals surface area contributed by atoms with Crippen molar-refractivity contribution in [1.29, 1.82) is 0 Å². The monoisotopic (exact) mass is 448 g/mol. The molecule has 0 atom stereocenters. The van der Waals surface area contributed by atoms with Gasteiger partial charge in [-0.3, -0.25) is 4.79 Å². The first-order valence-corrected chi connectivity index (χ1v) is 12.1. The first-order chi connectivity index (χ1) is 16.2. The quantitative estimate of drug-likeness (QED) is 0.194. The van der Waals surface area contributed by atoms with Crippen LogP contribution >= 0.6 is 0 Å². The molecule has 3 heteroatoms. The van der Waals surface area contributed by atoms with Gasteiger partial charge in [-0.25, -0.2) is 0 Å². The van der Waals surface area contributed by atoms with E-state index in [0.717, 1.165) is 44.1 Å². The molecule has 0 fully saturated rings. The molecular formula is C30H40O3. The Balaban J connectivity index is 1.97. The first-order valence-electron chi connectivity index (χ1n) is 12.1.